The second-order valence-electron chi connectivity index (χ2n) is 4.86. The zero-order valence-electron chi connectivity index (χ0n) is 11.8. The number of hydrogen-bond acceptors (Lipinski definition) is 3. The van der Waals surface area contributed by atoms with Gasteiger partial charge in [-0.25, -0.2) is 4.98 Å². The first-order valence-corrected chi connectivity index (χ1v) is 6.50. The van der Waals surface area contributed by atoms with Crippen LogP contribution in [-0.2, 0) is 0 Å². The maximum absolute atomic E-state index is 6.03. The third kappa shape index (κ3) is 1.81. The number of imidazole rings is 1. The second kappa shape index (κ2) is 4.56. The van der Waals surface area contributed by atoms with Crippen molar-refractivity contribution in [1.29, 1.82) is 0 Å². The second-order valence-corrected chi connectivity index (χ2v) is 4.86. The van der Waals surface area contributed by atoms with Gasteiger partial charge < -0.3 is 10.5 Å². The minimum Gasteiger partial charge on any atom is -0.497 e. The normalized spacial score (nSPS) is 10.9. The highest BCUT2D eigenvalue weighted by molar-refractivity contribution is 5.74. The number of anilines is 1. The first-order chi connectivity index (χ1) is 9.61. The first-order valence-electron chi connectivity index (χ1n) is 6.50. The molecule has 0 radical (unpaired) electrons. The van der Waals surface area contributed by atoms with Gasteiger partial charge in [-0.05, 0) is 50.2 Å². The summed E-state index contributed by atoms with van der Waals surface area (Å²) in [6.07, 6.45) is 0. The van der Waals surface area contributed by atoms with Gasteiger partial charge in [0.1, 0.15) is 5.75 Å². The summed E-state index contributed by atoms with van der Waals surface area (Å²) in [5, 5.41) is 0. The van der Waals surface area contributed by atoms with Crippen molar-refractivity contribution in [3.8, 4) is 17.0 Å². The number of hydrogen-bond donors (Lipinski definition) is 1. The lowest BCUT2D eigenvalue weighted by Crippen LogP contribution is -1.97. The lowest BCUT2D eigenvalue weighted by atomic mass is 10.1. The Morgan fingerprint density at radius 2 is 1.75 bits per heavy atom. The third-order valence-electron chi connectivity index (χ3n) is 3.59. The zero-order chi connectivity index (χ0) is 14.3. The van der Waals surface area contributed by atoms with Crippen LogP contribution in [0.15, 0.2) is 36.4 Å². The van der Waals surface area contributed by atoms with E-state index in [1.165, 1.54) is 0 Å². The topological polar surface area (TPSA) is 52.5 Å². The molecule has 2 heterocycles. The highest BCUT2D eigenvalue weighted by Crippen LogP contribution is 2.28. The molecule has 2 aromatic heterocycles. The van der Waals surface area contributed by atoms with E-state index in [-0.39, 0.29) is 0 Å². The summed E-state index contributed by atoms with van der Waals surface area (Å²) >= 11 is 0. The lowest BCUT2D eigenvalue weighted by molar-refractivity contribution is 0.415. The summed E-state index contributed by atoms with van der Waals surface area (Å²) in [4.78, 5) is 4.70. The molecule has 0 aliphatic rings. The van der Waals surface area contributed by atoms with E-state index in [2.05, 4.69) is 18.2 Å². The molecule has 0 amide bonds. The Labute approximate surface area is 117 Å². The van der Waals surface area contributed by atoms with Gasteiger partial charge in [-0.2, -0.15) is 0 Å². The Balaban J connectivity index is 2.23. The molecule has 102 valence electrons. The van der Waals surface area contributed by atoms with Crippen molar-refractivity contribution in [2.24, 2.45) is 0 Å². The number of nitrogens with two attached hydrogens (primary N) is 1. The van der Waals surface area contributed by atoms with E-state index >= 15 is 0 Å². The summed E-state index contributed by atoms with van der Waals surface area (Å²) in [7, 11) is 1.66. The van der Waals surface area contributed by atoms with Crippen LogP contribution in [0.25, 0.3) is 16.9 Å². The highest BCUT2D eigenvalue weighted by Gasteiger charge is 2.13. The molecule has 0 saturated carbocycles. The number of benzene rings is 1. The van der Waals surface area contributed by atoms with Gasteiger partial charge in [0.05, 0.1) is 18.5 Å². The molecule has 2 N–H and O–H groups in total. The molecule has 1 aromatic carbocycles. The monoisotopic (exact) mass is 267 g/mol. The van der Waals surface area contributed by atoms with Crippen LogP contribution in [0.5, 0.6) is 5.75 Å². The molecule has 0 aliphatic carbocycles. The fourth-order valence-electron chi connectivity index (χ4n) is 2.51. The van der Waals surface area contributed by atoms with Crippen LogP contribution < -0.4 is 10.5 Å². The SMILES string of the molecule is COc1ccc(-c2nc3c(N)ccc(C)n3c2C)cc1. The fourth-order valence-corrected chi connectivity index (χ4v) is 2.51. The Hall–Kier alpha value is -2.49. The minimum atomic E-state index is 0.693. The molecule has 0 bridgehead atoms. The van der Waals surface area contributed by atoms with Gasteiger partial charge in [-0.1, -0.05) is 0 Å². The van der Waals surface area contributed by atoms with E-state index in [0.717, 1.165) is 34.0 Å². The van der Waals surface area contributed by atoms with Gasteiger partial charge in [-0.3, -0.25) is 4.40 Å². The molecule has 0 unspecified atom stereocenters. The predicted octanol–water partition coefficient (Wildman–Crippen LogP) is 3.21. The summed E-state index contributed by atoms with van der Waals surface area (Å²) in [6, 6.07) is 11.8. The van der Waals surface area contributed by atoms with E-state index in [1.807, 2.05) is 36.4 Å². The van der Waals surface area contributed by atoms with Crippen molar-refractivity contribution in [1.82, 2.24) is 9.38 Å². The molecule has 0 atom stereocenters. The Bertz CT molecular complexity index is 773. The predicted molar refractivity (Wildman–Crippen MR) is 81.1 cm³/mol. The third-order valence-corrected chi connectivity index (χ3v) is 3.59. The smallest absolute Gasteiger partial charge is 0.161 e. The molecule has 4 heteroatoms. The molecule has 0 saturated heterocycles. The number of ether oxygens (including phenoxy) is 1. The molecule has 0 spiro atoms. The molecule has 3 aromatic rings. The Kier molecular flexibility index (Phi) is 2.86. The average Bonchev–Trinajstić information content (AvgIpc) is 2.82. The van der Waals surface area contributed by atoms with Gasteiger partial charge in [0.2, 0.25) is 0 Å². The number of fused-ring (bicyclic) bond motifs is 1. The molecule has 4 nitrogen and oxygen atoms in total. The number of nitrogen functional groups attached to an aromatic ring is 1. The quantitative estimate of drug-likeness (QED) is 0.775. The van der Waals surface area contributed by atoms with Crippen LogP contribution in [0, 0.1) is 13.8 Å². The first kappa shape index (κ1) is 12.5. The van der Waals surface area contributed by atoms with Crippen LogP contribution in [-0.4, -0.2) is 16.5 Å². The maximum atomic E-state index is 6.03. The molecular weight excluding hydrogens is 250 g/mol. The number of nitrogens with zero attached hydrogens (tertiary/aromatic N) is 2. The largest absolute Gasteiger partial charge is 0.497 e. The van der Waals surface area contributed by atoms with E-state index in [9.17, 15) is 0 Å². The summed E-state index contributed by atoms with van der Waals surface area (Å²) in [5.41, 5.74) is 11.8. The van der Waals surface area contributed by atoms with E-state index < -0.39 is 0 Å². The number of aromatic nitrogens is 2. The van der Waals surface area contributed by atoms with Crippen LogP contribution in [0.3, 0.4) is 0 Å². The zero-order valence-corrected chi connectivity index (χ0v) is 11.8. The van der Waals surface area contributed by atoms with Crippen LogP contribution >= 0.6 is 0 Å². The van der Waals surface area contributed by atoms with Gasteiger partial charge in [-0.15, -0.1) is 0 Å². The van der Waals surface area contributed by atoms with Crippen molar-refractivity contribution in [2.75, 3.05) is 12.8 Å². The molecule has 20 heavy (non-hydrogen) atoms. The number of aryl methyl sites for hydroxylation is 2. The van der Waals surface area contributed by atoms with Gasteiger partial charge >= 0.3 is 0 Å². The van der Waals surface area contributed by atoms with Gasteiger partial charge in [0.25, 0.3) is 0 Å². The van der Waals surface area contributed by atoms with E-state index in [0.29, 0.717) is 5.69 Å². The summed E-state index contributed by atoms with van der Waals surface area (Å²) in [6.45, 7) is 4.12. The number of rotatable bonds is 2. The molecule has 0 fully saturated rings. The Morgan fingerprint density at radius 3 is 2.35 bits per heavy atom. The number of pyridine rings is 1. The summed E-state index contributed by atoms with van der Waals surface area (Å²) in [5.74, 6) is 0.839. The highest BCUT2D eigenvalue weighted by atomic mass is 16.5. The van der Waals surface area contributed by atoms with E-state index in [4.69, 9.17) is 15.5 Å². The van der Waals surface area contributed by atoms with Crippen molar-refractivity contribution in [3.05, 3.63) is 47.8 Å². The van der Waals surface area contributed by atoms with Crippen LogP contribution in [0.2, 0.25) is 0 Å². The molecule has 0 aliphatic heterocycles. The number of methoxy groups -OCH3 is 1. The standard InChI is InChI=1S/C16H17N3O/c1-10-4-9-14(17)16-18-15(11(2)19(10)16)12-5-7-13(20-3)8-6-12/h4-9H,17H2,1-3H3. The fraction of sp³-hybridized carbons (Fsp3) is 0.188. The Morgan fingerprint density at radius 1 is 1.05 bits per heavy atom. The van der Waals surface area contributed by atoms with Crippen LogP contribution in [0.4, 0.5) is 5.69 Å². The maximum Gasteiger partial charge on any atom is 0.161 e. The van der Waals surface area contributed by atoms with Gasteiger partial charge in [0.15, 0.2) is 5.65 Å². The van der Waals surface area contributed by atoms with Gasteiger partial charge in [0, 0.05) is 17.0 Å². The van der Waals surface area contributed by atoms with Crippen LogP contribution in [0.1, 0.15) is 11.4 Å². The van der Waals surface area contributed by atoms with Crippen molar-refractivity contribution < 1.29 is 4.74 Å². The minimum absolute atomic E-state index is 0.693. The van der Waals surface area contributed by atoms with Crippen molar-refractivity contribution >= 4 is 11.3 Å². The van der Waals surface area contributed by atoms with E-state index in [1.54, 1.807) is 7.11 Å². The average molecular weight is 267 g/mol. The lowest BCUT2D eigenvalue weighted by Gasteiger charge is -2.04. The molecular formula is C16H17N3O. The van der Waals surface area contributed by atoms with Crippen molar-refractivity contribution in [2.45, 2.75) is 13.8 Å². The van der Waals surface area contributed by atoms with Crippen molar-refractivity contribution in [3.63, 3.8) is 0 Å². The summed E-state index contributed by atoms with van der Waals surface area (Å²) < 4.78 is 7.28. The molecule has 3 rings (SSSR count).